The maximum absolute atomic E-state index is 3.12. The van der Waals surface area contributed by atoms with Gasteiger partial charge in [0.05, 0.1) is 0 Å². The summed E-state index contributed by atoms with van der Waals surface area (Å²) in [6.45, 7) is 8.72. The maximum atomic E-state index is 3.12. The molecule has 0 rings (SSSR count). The van der Waals surface area contributed by atoms with E-state index in [2.05, 4.69) is 45.6 Å². The highest BCUT2D eigenvalue weighted by Crippen LogP contribution is 2.13. The molecule has 0 aromatic carbocycles. The summed E-state index contributed by atoms with van der Waals surface area (Å²) in [5, 5.41) is 0. The Morgan fingerprint density at radius 1 is 1.25 bits per heavy atom. The van der Waals surface area contributed by atoms with E-state index in [1.54, 1.807) is 0 Å². The Bertz CT molecular complexity index is 180. The number of rotatable bonds is 2. The summed E-state index contributed by atoms with van der Waals surface area (Å²) in [7, 11) is 0. The molecule has 0 fully saturated rings. The molecule has 0 aliphatic rings. The molecule has 0 radical (unpaired) electrons. The van der Waals surface area contributed by atoms with Gasteiger partial charge in [-0.05, 0) is 17.9 Å². The van der Waals surface area contributed by atoms with Crippen LogP contribution < -0.4 is 0 Å². The smallest absolute Gasteiger partial charge is 0.00921 e. The highest BCUT2D eigenvalue weighted by Gasteiger charge is 2.01. The first kappa shape index (κ1) is 11.3. The van der Waals surface area contributed by atoms with E-state index in [9.17, 15) is 0 Å². The Balaban J connectivity index is 3.63. The van der Waals surface area contributed by atoms with Gasteiger partial charge in [0.25, 0.3) is 0 Å². The third-order valence-corrected chi connectivity index (χ3v) is 1.42. The summed E-state index contributed by atoms with van der Waals surface area (Å²) < 4.78 is 0. The van der Waals surface area contributed by atoms with Crippen LogP contribution in [0.5, 0.6) is 0 Å². The van der Waals surface area contributed by atoms with Crippen molar-refractivity contribution in [2.75, 3.05) is 0 Å². The molecule has 68 valence electrons. The number of hydrogen-bond acceptors (Lipinski definition) is 0. The van der Waals surface area contributed by atoms with E-state index in [0.717, 1.165) is 6.42 Å². The number of allylic oxidation sites excluding steroid dienone is 2. The molecule has 0 saturated heterocycles. The Kier molecular flexibility index (Phi) is 5.54. The summed E-state index contributed by atoms with van der Waals surface area (Å²) in [6.07, 6.45) is 7.60. The minimum Gasteiger partial charge on any atom is -0.0985 e. The van der Waals surface area contributed by atoms with Crippen LogP contribution in [0, 0.1) is 17.3 Å². The highest BCUT2D eigenvalue weighted by molar-refractivity contribution is 5.16. The van der Waals surface area contributed by atoms with Crippen LogP contribution in [0.2, 0.25) is 0 Å². The van der Waals surface area contributed by atoms with Crippen molar-refractivity contribution in [1.29, 1.82) is 0 Å². The first-order valence-corrected chi connectivity index (χ1v) is 4.72. The fourth-order valence-electron chi connectivity index (χ4n) is 0.688. The molecule has 0 saturated carbocycles. The van der Waals surface area contributed by atoms with Crippen molar-refractivity contribution in [1.82, 2.24) is 0 Å². The lowest BCUT2D eigenvalue weighted by Crippen LogP contribution is -1.97. The van der Waals surface area contributed by atoms with Gasteiger partial charge in [-0.1, -0.05) is 52.0 Å². The van der Waals surface area contributed by atoms with E-state index < -0.39 is 0 Å². The molecule has 0 aromatic heterocycles. The fraction of sp³-hybridized carbons (Fsp3) is 0.667. The van der Waals surface area contributed by atoms with E-state index in [-0.39, 0.29) is 5.41 Å². The molecule has 0 amide bonds. The highest BCUT2D eigenvalue weighted by atomic mass is 14.1. The molecular formula is C12H20. The van der Waals surface area contributed by atoms with Crippen LogP contribution in [0.3, 0.4) is 0 Å². The average Bonchev–Trinajstić information content (AvgIpc) is 1.94. The van der Waals surface area contributed by atoms with Crippen LogP contribution in [0.4, 0.5) is 0 Å². The summed E-state index contributed by atoms with van der Waals surface area (Å²) in [5.74, 6) is 6.17. The third kappa shape index (κ3) is 9.30. The third-order valence-electron chi connectivity index (χ3n) is 1.42. The summed E-state index contributed by atoms with van der Waals surface area (Å²) >= 11 is 0. The SMILES string of the molecule is CCCCC#C/C=C\C(C)(C)C. The van der Waals surface area contributed by atoms with Gasteiger partial charge < -0.3 is 0 Å². The molecule has 0 aliphatic carbocycles. The fourth-order valence-corrected chi connectivity index (χ4v) is 0.688. The van der Waals surface area contributed by atoms with Gasteiger partial charge in [0.15, 0.2) is 0 Å². The molecule has 0 aromatic rings. The monoisotopic (exact) mass is 164 g/mol. The van der Waals surface area contributed by atoms with Crippen molar-refractivity contribution >= 4 is 0 Å². The lowest BCUT2D eigenvalue weighted by Gasteiger charge is -2.09. The zero-order valence-corrected chi connectivity index (χ0v) is 8.78. The first-order valence-electron chi connectivity index (χ1n) is 4.72. The molecule has 0 unspecified atom stereocenters. The van der Waals surface area contributed by atoms with Gasteiger partial charge in [-0.15, -0.1) is 0 Å². The summed E-state index contributed by atoms with van der Waals surface area (Å²) in [5.41, 5.74) is 0.263. The van der Waals surface area contributed by atoms with Gasteiger partial charge in [0.1, 0.15) is 0 Å². The second kappa shape index (κ2) is 5.89. The zero-order chi connectivity index (χ0) is 9.45. The first-order chi connectivity index (χ1) is 5.56. The van der Waals surface area contributed by atoms with Crippen LogP contribution in [0.1, 0.15) is 47.0 Å². The molecule has 0 bridgehead atoms. The van der Waals surface area contributed by atoms with Crippen molar-refractivity contribution < 1.29 is 0 Å². The second-order valence-electron chi connectivity index (χ2n) is 4.12. The molecule has 0 atom stereocenters. The normalized spacial score (nSPS) is 11.3. The Labute approximate surface area is 77.1 Å². The van der Waals surface area contributed by atoms with Gasteiger partial charge in [-0.3, -0.25) is 0 Å². The van der Waals surface area contributed by atoms with Crippen LogP contribution >= 0.6 is 0 Å². The predicted octanol–water partition coefficient (Wildman–Crippen LogP) is 3.78. The Morgan fingerprint density at radius 2 is 1.92 bits per heavy atom. The van der Waals surface area contributed by atoms with Crippen LogP contribution in [-0.2, 0) is 0 Å². The predicted molar refractivity (Wildman–Crippen MR) is 55.9 cm³/mol. The van der Waals surface area contributed by atoms with Crippen molar-refractivity contribution in [3.05, 3.63) is 12.2 Å². The van der Waals surface area contributed by atoms with E-state index in [4.69, 9.17) is 0 Å². The van der Waals surface area contributed by atoms with E-state index in [1.807, 2.05) is 6.08 Å². The van der Waals surface area contributed by atoms with Crippen molar-refractivity contribution in [2.45, 2.75) is 47.0 Å². The molecule has 0 aliphatic heterocycles. The van der Waals surface area contributed by atoms with E-state index >= 15 is 0 Å². The van der Waals surface area contributed by atoms with Gasteiger partial charge in [0.2, 0.25) is 0 Å². The zero-order valence-electron chi connectivity index (χ0n) is 8.78. The molecule has 0 spiro atoms. The number of hydrogen-bond donors (Lipinski definition) is 0. The minimum atomic E-state index is 0.263. The van der Waals surface area contributed by atoms with Gasteiger partial charge in [-0.25, -0.2) is 0 Å². The minimum absolute atomic E-state index is 0.263. The quantitative estimate of drug-likeness (QED) is 0.430. The molecular weight excluding hydrogens is 144 g/mol. The average molecular weight is 164 g/mol. The molecule has 0 heteroatoms. The standard InChI is InChI=1S/C12H20/c1-5-6-7-8-9-10-11-12(2,3)4/h10-11H,5-7H2,1-4H3/b11-10-. The molecule has 0 N–H and O–H groups in total. The lowest BCUT2D eigenvalue weighted by atomic mass is 9.96. The molecule has 0 heterocycles. The van der Waals surface area contributed by atoms with Crippen molar-refractivity contribution in [3.8, 4) is 11.8 Å². The Hall–Kier alpha value is -0.700. The lowest BCUT2D eigenvalue weighted by molar-refractivity contribution is 0.544. The van der Waals surface area contributed by atoms with Gasteiger partial charge in [-0.2, -0.15) is 0 Å². The molecule has 12 heavy (non-hydrogen) atoms. The van der Waals surface area contributed by atoms with E-state index in [1.165, 1.54) is 12.8 Å². The van der Waals surface area contributed by atoms with Gasteiger partial charge >= 0.3 is 0 Å². The van der Waals surface area contributed by atoms with Crippen LogP contribution in [0.25, 0.3) is 0 Å². The number of unbranched alkanes of at least 4 members (excludes halogenated alkanes) is 2. The Morgan fingerprint density at radius 3 is 2.42 bits per heavy atom. The van der Waals surface area contributed by atoms with Gasteiger partial charge in [0, 0.05) is 6.42 Å². The molecule has 0 nitrogen and oxygen atoms in total. The van der Waals surface area contributed by atoms with Crippen molar-refractivity contribution in [3.63, 3.8) is 0 Å². The van der Waals surface area contributed by atoms with Crippen molar-refractivity contribution in [2.24, 2.45) is 5.41 Å². The second-order valence-corrected chi connectivity index (χ2v) is 4.12. The maximum Gasteiger partial charge on any atom is 0.00921 e. The summed E-state index contributed by atoms with van der Waals surface area (Å²) in [6, 6.07) is 0. The topological polar surface area (TPSA) is 0 Å². The van der Waals surface area contributed by atoms with Crippen LogP contribution in [-0.4, -0.2) is 0 Å². The van der Waals surface area contributed by atoms with E-state index in [0.29, 0.717) is 0 Å². The summed E-state index contributed by atoms with van der Waals surface area (Å²) in [4.78, 5) is 0. The van der Waals surface area contributed by atoms with Crippen LogP contribution in [0.15, 0.2) is 12.2 Å². The largest absolute Gasteiger partial charge is 0.0985 e.